The van der Waals surface area contributed by atoms with E-state index in [0.717, 1.165) is 61.8 Å². The molecular formula is C13H19N3OS. The second-order valence-electron chi connectivity index (χ2n) is 5.55. The third kappa shape index (κ3) is 2.21. The molecule has 2 fully saturated rings. The molecule has 2 aliphatic rings. The highest BCUT2D eigenvalue weighted by Crippen LogP contribution is 2.43. The summed E-state index contributed by atoms with van der Waals surface area (Å²) in [7, 11) is 0. The highest BCUT2D eigenvalue weighted by Gasteiger charge is 2.43. The van der Waals surface area contributed by atoms with E-state index in [0.29, 0.717) is 5.78 Å². The van der Waals surface area contributed by atoms with Gasteiger partial charge >= 0.3 is 0 Å². The van der Waals surface area contributed by atoms with E-state index in [1.807, 2.05) is 6.92 Å². The van der Waals surface area contributed by atoms with E-state index in [1.165, 1.54) is 0 Å². The van der Waals surface area contributed by atoms with E-state index >= 15 is 0 Å². The number of nitrogens with zero attached hydrogens (tertiary/aromatic N) is 3. The zero-order chi connectivity index (χ0) is 12.6. The summed E-state index contributed by atoms with van der Waals surface area (Å²) in [5.41, 5.74) is 0.0492. The van der Waals surface area contributed by atoms with Gasteiger partial charge in [0, 0.05) is 11.8 Å². The van der Waals surface area contributed by atoms with Crippen molar-refractivity contribution in [2.45, 2.75) is 45.6 Å². The van der Waals surface area contributed by atoms with Gasteiger partial charge in [-0.1, -0.05) is 0 Å². The molecule has 2 heterocycles. The van der Waals surface area contributed by atoms with Crippen molar-refractivity contribution >= 4 is 17.1 Å². The van der Waals surface area contributed by atoms with Crippen LogP contribution < -0.4 is 0 Å². The Hall–Kier alpha value is -0.810. The number of carbonyl (C=O) groups is 1. The smallest absolute Gasteiger partial charge is 0.139 e. The molecule has 0 bridgehead atoms. The first-order chi connectivity index (χ1) is 8.68. The number of Topliss-reactive ketones (excluding diaryl/α,β-unsaturated/α-hetero) is 1. The highest BCUT2D eigenvalue weighted by atomic mass is 32.1. The van der Waals surface area contributed by atoms with Gasteiger partial charge < -0.3 is 0 Å². The van der Waals surface area contributed by atoms with Crippen molar-refractivity contribution in [2.75, 3.05) is 13.1 Å². The van der Waals surface area contributed by atoms with E-state index in [1.54, 1.807) is 11.3 Å². The standard InChI is InChI=1S/C13H19N3OS/c1-10-14-15-12(18-10)9-16-7-5-13(6-8-16)4-2-3-11(13)17/h2-9H2,1H3. The number of hydrogen-bond acceptors (Lipinski definition) is 5. The Balaban J connectivity index is 1.58. The highest BCUT2D eigenvalue weighted by molar-refractivity contribution is 7.11. The van der Waals surface area contributed by atoms with Gasteiger partial charge in [-0.3, -0.25) is 9.69 Å². The SMILES string of the molecule is Cc1nnc(CN2CCC3(CCCC3=O)CC2)s1. The molecule has 0 amide bonds. The van der Waals surface area contributed by atoms with E-state index < -0.39 is 0 Å². The molecule has 1 aromatic rings. The van der Waals surface area contributed by atoms with Gasteiger partial charge in [0.05, 0.1) is 6.54 Å². The van der Waals surface area contributed by atoms with Crippen LogP contribution in [0.4, 0.5) is 0 Å². The average Bonchev–Trinajstić information content (AvgIpc) is 2.91. The van der Waals surface area contributed by atoms with E-state index in [4.69, 9.17) is 0 Å². The maximum Gasteiger partial charge on any atom is 0.139 e. The maximum atomic E-state index is 12.0. The summed E-state index contributed by atoms with van der Waals surface area (Å²) in [6, 6.07) is 0. The van der Waals surface area contributed by atoms with Crippen LogP contribution in [-0.2, 0) is 11.3 Å². The zero-order valence-corrected chi connectivity index (χ0v) is 11.6. The number of aromatic nitrogens is 2. The molecule has 1 saturated heterocycles. The average molecular weight is 265 g/mol. The Bertz CT molecular complexity index is 449. The second kappa shape index (κ2) is 4.70. The van der Waals surface area contributed by atoms with Gasteiger partial charge in [0.25, 0.3) is 0 Å². The second-order valence-corrected chi connectivity index (χ2v) is 6.81. The molecule has 0 aromatic carbocycles. The first-order valence-corrected chi connectivity index (χ1v) is 7.54. The van der Waals surface area contributed by atoms with Crippen LogP contribution in [0.3, 0.4) is 0 Å². The van der Waals surface area contributed by atoms with Crippen LogP contribution in [0, 0.1) is 12.3 Å². The van der Waals surface area contributed by atoms with Crippen molar-refractivity contribution in [3.63, 3.8) is 0 Å². The fraction of sp³-hybridized carbons (Fsp3) is 0.769. The number of ketones is 1. The first-order valence-electron chi connectivity index (χ1n) is 6.73. The normalized spacial score (nSPS) is 23.9. The topological polar surface area (TPSA) is 46.1 Å². The molecule has 1 saturated carbocycles. The summed E-state index contributed by atoms with van der Waals surface area (Å²) in [5, 5.41) is 10.4. The monoisotopic (exact) mass is 265 g/mol. The van der Waals surface area contributed by atoms with Crippen molar-refractivity contribution in [3.8, 4) is 0 Å². The Morgan fingerprint density at radius 3 is 2.61 bits per heavy atom. The lowest BCUT2D eigenvalue weighted by Crippen LogP contribution is -2.41. The molecule has 98 valence electrons. The molecule has 1 aliphatic carbocycles. The molecular weight excluding hydrogens is 246 g/mol. The number of rotatable bonds is 2. The third-order valence-corrected chi connectivity index (χ3v) is 5.21. The van der Waals surface area contributed by atoms with Crippen molar-refractivity contribution in [2.24, 2.45) is 5.41 Å². The number of hydrogen-bond donors (Lipinski definition) is 0. The molecule has 1 aliphatic heterocycles. The summed E-state index contributed by atoms with van der Waals surface area (Å²) in [6.45, 7) is 4.95. The minimum atomic E-state index is 0.0492. The first kappa shape index (κ1) is 12.2. The molecule has 0 unspecified atom stereocenters. The molecule has 0 N–H and O–H groups in total. The lowest BCUT2D eigenvalue weighted by Gasteiger charge is -2.37. The Labute approximate surface area is 111 Å². The number of likely N-dealkylation sites (tertiary alicyclic amines) is 1. The molecule has 0 atom stereocenters. The molecule has 0 radical (unpaired) electrons. The Kier molecular flexibility index (Phi) is 3.20. The van der Waals surface area contributed by atoms with E-state index in [9.17, 15) is 4.79 Å². The number of aryl methyl sites for hydroxylation is 1. The van der Waals surface area contributed by atoms with Crippen molar-refractivity contribution in [1.82, 2.24) is 15.1 Å². The molecule has 4 nitrogen and oxygen atoms in total. The minimum Gasteiger partial charge on any atom is -0.299 e. The molecule has 3 rings (SSSR count). The molecule has 5 heteroatoms. The van der Waals surface area contributed by atoms with E-state index in [2.05, 4.69) is 15.1 Å². The van der Waals surface area contributed by atoms with Crippen molar-refractivity contribution in [1.29, 1.82) is 0 Å². The van der Waals surface area contributed by atoms with Crippen LogP contribution in [0.25, 0.3) is 0 Å². The van der Waals surface area contributed by atoms with Crippen LogP contribution in [0.15, 0.2) is 0 Å². The van der Waals surface area contributed by atoms with Crippen LogP contribution in [0.2, 0.25) is 0 Å². The predicted octanol–water partition coefficient (Wildman–Crippen LogP) is 2.18. The minimum absolute atomic E-state index is 0.0492. The third-order valence-electron chi connectivity index (χ3n) is 4.39. The van der Waals surface area contributed by atoms with E-state index in [-0.39, 0.29) is 5.41 Å². The van der Waals surface area contributed by atoms with Gasteiger partial charge in [-0.2, -0.15) is 0 Å². The van der Waals surface area contributed by atoms with Crippen LogP contribution in [0.1, 0.15) is 42.1 Å². The lowest BCUT2D eigenvalue weighted by atomic mass is 9.76. The van der Waals surface area contributed by atoms with Gasteiger partial charge in [-0.05, 0) is 45.7 Å². The quantitative estimate of drug-likeness (QED) is 0.822. The Morgan fingerprint density at radius 1 is 1.28 bits per heavy atom. The summed E-state index contributed by atoms with van der Waals surface area (Å²) >= 11 is 1.67. The number of carbonyl (C=O) groups excluding carboxylic acids is 1. The predicted molar refractivity (Wildman–Crippen MR) is 70.4 cm³/mol. The Morgan fingerprint density at radius 2 is 2.06 bits per heavy atom. The maximum absolute atomic E-state index is 12.0. The number of piperidine rings is 1. The molecule has 1 aromatic heterocycles. The largest absolute Gasteiger partial charge is 0.299 e. The van der Waals surface area contributed by atoms with Crippen molar-refractivity contribution < 1.29 is 4.79 Å². The van der Waals surface area contributed by atoms with Crippen LogP contribution in [0.5, 0.6) is 0 Å². The summed E-state index contributed by atoms with van der Waals surface area (Å²) < 4.78 is 0. The van der Waals surface area contributed by atoms with Crippen LogP contribution in [-0.4, -0.2) is 34.0 Å². The zero-order valence-electron chi connectivity index (χ0n) is 10.8. The van der Waals surface area contributed by atoms with Gasteiger partial charge in [-0.15, -0.1) is 21.5 Å². The fourth-order valence-electron chi connectivity index (χ4n) is 3.25. The summed E-state index contributed by atoms with van der Waals surface area (Å²) in [4.78, 5) is 14.4. The molecule has 1 spiro atoms. The van der Waals surface area contributed by atoms with Gasteiger partial charge in [0.1, 0.15) is 15.8 Å². The van der Waals surface area contributed by atoms with Gasteiger partial charge in [-0.25, -0.2) is 0 Å². The summed E-state index contributed by atoms with van der Waals surface area (Å²) in [5.74, 6) is 0.522. The van der Waals surface area contributed by atoms with Crippen molar-refractivity contribution in [3.05, 3.63) is 10.0 Å². The lowest BCUT2D eigenvalue weighted by molar-refractivity contribution is -0.128. The van der Waals surface area contributed by atoms with Crippen LogP contribution >= 0.6 is 11.3 Å². The molecule has 18 heavy (non-hydrogen) atoms. The summed E-state index contributed by atoms with van der Waals surface area (Å²) in [6.07, 6.45) is 5.13. The fourth-order valence-corrected chi connectivity index (χ4v) is 4.00. The van der Waals surface area contributed by atoms with Gasteiger partial charge in [0.15, 0.2) is 0 Å². The van der Waals surface area contributed by atoms with Gasteiger partial charge in [0.2, 0.25) is 0 Å².